The fourth-order valence-corrected chi connectivity index (χ4v) is 1.64. The number of carbonyl (C=O) groups is 2. The summed E-state index contributed by atoms with van der Waals surface area (Å²) >= 11 is 0. The second-order valence-corrected chi connectivity index (χ2v) is 4.58. The fourth-order valence-electron chi connectivity index (χ4n) is 1.64. The number of aldehydes is 1. The van der Waals surface area contributed by atoms with E-state index in [9.17, 15) is 9.59 Å². The van der Waals surface area contributed by atoms with Gasteiger partial charge in [0.05, 0.1) is 0 Å². The monoisotopic (exact) mass is 249 g/mol. The molecule has 4 nitrogen and oxygen atoms in total. The molecule has 0 fully saturated rings. The molecule has 0 radical (unpaired) electrons. The molecular weight excluding hydrogens is 230 g/mol. The van der Waals surface area contributed by atoms with Gasteiger partial charge in [0.1, 0.15) is 18.9 Å². The normalized spacial score (nSPS) is 14.0. The van der Waals surface area contributed by atoms with Crippen molar-refractivity contribution in [2.45, 2.75) is 26.5 Å². The molecule has 0 saturated carbocycles. The second-order valence-electron chi connectivity index (χ2n) is 4.58. The number of hydrogen-bond acceptors (Lipinski definition) is 4. The zero-order chi connectivity index (χ0) is 13.5. The van der Waals surface area contributed by atoms with Gasteiger partial charge in [-0.25, -0.2) is 0 Å². The van der Waals surface area contributed by atoms with Crippen LogP contribution in [0.4, 0.5) is 0 Å². The Morgan fingerprint density at radius 3 is 2.44 bits per heavy atom. The van der Waals surface area contributed by atoms with Gasteiger partial charge >= 0.3 is 5.97 Å². The van der Waals surface area contributed by atoms with Crippen LogP contribution in [0, 0.1) is 11.8 Å². The summed E-state index contributed by atoms with van der Waals surface area (Å²) in [5.41, 5.74) is 6.63. The van der Waals surface area contributed by atoms with Gasteiger partial charge in [-0.15, -0.1) is 0 Å². The zero-order valence-electron chi connectivity index (χ0n) is 10.7. The van der Waals surface area contributed by atoms with Gasteiger partial charge in [0.25, 0.3) is 0 Å². The number of esters is 1. The van der Waals surface area contributed by atoms with E-state index >= 15 is 0 Å². The van der Waals surface area contributed by atoms with Crippen LogP contribution < -0.4 is 5.73 Å². The number of hydrogen-bond donors (Lipinski definition) is 1. The number of benzene rings is 1. The summed E-state index contributed by atoms with van der Waals surface area (Å²) in [5, 5.41) is 0. The van der Waals surface area contributed by atoms with Crippen molar-refractivity contribution in [1.29, 1.82) is 0 Å². The van der Waals surface area contributed by atoms with Gasteiger partial charge in [-0.05, 0) is 11.5 Å². The molecule has 2 unspecified atom stereocenters. The van der Waals surface area contributed by atoms with Gasteiger partial charge in [-0.1, -0.05) is 44.2 Å². The maximum absolute atomic E-state index is 11.7. The summed E-state index contributed by atoms with van der Waals surface area (Å²) in [6.07, 6.45) is 0.721. The summed E-state index contributed by atoms with van der Waals surface area (Å²) < 4.78 is 5.10. The highest BCUT2D eigenvalue weighted by molar-refractivity contribution is 5.80. The molecule has 0 aliphatic rings. The van der Waals surface area contributed by atoms with Gasteiger partial charge in [0.2, 0.25) is 0 Å². The van der Waals surface area contributed by atoms with Crippen molar-refractivity contribution < 1.29 is 14.3 Å². The first-order valence-corrected chi connectivity index (χ1v) is 5.97. The lowest BCUT2D eigenvalue weighted by Crippen LogP contribution is -2.42. The standard InChI is InChI=1S/C14H19NO3/c1-10(2)12(8-16)13(15)14(17)18-9-11-6-4-3-5-7-11/h3-8,10,12-13H,9,15H2,1-2H3. The lowest BCUT2D eigenvalue weighted by molar-refractivity contribution is -0.149. The zero-order valence-corrected chi connectivity index (χ0v) is 10.7. The van der Waals surface area contributed by atoms with E-state index in [2.05, 4.69) is 0 Å². The minimum atomic E-state index is -0.897. The van der Waals surface area contributed by atoms with E-state index in [0.29, 0.717) is 0 Å². The molecular formula is C14H19NO3. The van der Waals surface area contributed by atoms with Crippen molar-refractivity contribution in [2.75, 3.05) is 0 Å². The molecule has 98 valence electrons. The summed E-state index contributed by atoms with van der Waals surface area (Å²) in [7, 11) is 0. The number of ether oxygens (including phenoxy) is 1. The van der Waals surface area contributed by atoms with Crippen LogP contribution in [-0.2, 0) is 20.9 Å². The van der Waals surface area contributed by atoms with Gasteiger partial charge in [-0.3, -0.25) is 4.79 Å². The smallest absolute Gasteiger partial charge is 0.323 e. The molecule has 0 saturated heterocycles. The van der Waals surface area contributed by atoms with Crippen molar-refractivity contribution in [3.05, 3.63) is 35.9 Å². The predicted molar refractivity (Wildman–Crippen MR) is 68.6 cm³/mol. The van der Waals surface area contributed by atoms with E-state index in [0.717, 1.165) is 11.8 Å². The Morgan fingerprint density at radius 1 is 1.33 bits per heavy atom. The van der Waals surface area contributed by atoms with Crippen molar-refractivity contribution in [3.8, 4) is 0 Å². The van der Waals surface area contributed by atoms with E-state index in [1.165, 1.54) is 0 Å². The molecule has 0 aliphatic carbocycles. The molecule has 2 N–H and O–H groups in total. The maximum Gasteiger partial charge on any atom is 0.323 e. The molecule has 0 spiro atoms. The topological polar surface area (TPSA) is 69.4 Å². The summed E-state index contributed by atoms with van der Waals surface area (Å²) in [6.45, 7) is 3.88. The Labute approximate surface area is 107 Å². The lowest BCUT2D eigenvalue weighted by atomic mass is 9.90. The van der Waals surface area contributed by atoms with Crippen molar-refractivity contribution in [1.82, 2.24) is 0 Å². The summed E-state index contributed by atoms with van der Waals surface area (Å²) in [5.74, 6) is -1.03. The molecule has 4 heteroatoms. The predicted octanol–water partition coefficient (Wildman–Crippen LogP) is 1.53. The van der Waals surface area contributed by atoms with Gasteiger partial charge in [-0.2, -0.15) is 0 Å². The maximum atomic E-state index is 11.7. The molecule has 2 atom stereocenters. The highest BCUT2D eigenvalue weighted by Crippen LogP contribution is 2.13. The Morgan fingerprint density at radius 2 is 1.94 bits per heavy atom. The molecule has 0 aliphatic heterocycles. The third-order valence-corrected chi connectivity index (χ3v) is 2.84. The van der Waals surface area contributed by atoms with Crippen molar-refractivity contribution in [2.24, 2.45) is 17.6 Å². The minimum Gasteiger partial charge on any atom is -0.460 e. The Hall–Kier alpha value is -1.68. The number of rotatable bonds is 6. The Balaban J connectivity index is 2.52. The van der Waals surface area contributed by atoms with E-state index in [1.807, 2.05) is 44.2 Å². The first-order valence-electron chi connectivity index (χ1n) is 5.97. The van der Waals surface area contributed by atoms with Crippen LogP contribution in [0.3, 0.4) is 0 Å². The second kappa shape index (κ2) is 6.91. The molecule has 18 heavy (non-hydrogen) atoms. The highest BCUT2D eigenvalue weighted by atomic mass is 16.5. The average Bonchev–Trinajstić information content (AvgIpc) is 2.37. The van der Waals surface area contributed by atoms with Crippen LogP contribution in [0.15, 0.2) is 30.3 Å². The third-order valence-electron chi connectivity index (χ3n) is 2.84. The van der Waals surface area contributed by atoms with Crippen molar-refractivity contribution >= 4 is 12.3 Å². The van der Waals surface area contributed by atoms with Gasteiger partial charge in [0.15, 0.2) is 0 Å². The first-order chi connectivity index (χ1) is 8.56. The van der Waals surface area contributed by atoms with Gasteiger partial charge < -0.3 is 15.3 Å². The molecule has 0 amide bonds. The average molecular weight is 249 g/mol. The van der Waals surface area contributed by atoms with Crippen LogP contribution in [0.5, 0.6) is 0 Å². The fraction of sp³-hybridized carbons (Fsp3) is 0.429. The van der Waals surface area contributed by atoms with Crippen LogP contribution in [0.25, 0.3) is 0 Å². The van der Waals surface area contributed by atoms with E-state index in [4.69, 9.17) is 10.5 Å². The molecule has 0 aromatic heterocycles. The Kier molecular flexibility index (Phi) is 5.52. The van der Waals surface area contributed by atoms with E-state index in [-0.39, 0.29) is 12.5 Å². The molecule has 1 rings (SSSR count). The molecule has 0 bridgehead atoms. The molecule has 0 heterocycles. The minimum absolute atomic E-state index is 0.0155. The van der Waals surface area contributed by atoms with E-state index in [1.54, 1.807) is 0 Å². The van der Waals surface area contributed by atoms with Crippen LogP contribution in [0.1, 0.15) is 19.4 Å². The molecule has 1 aromatic carbocycles. The Bertz CT molecular complexity index is 389. The number of carbonyl (C=O) groups excluding carboxylic acids is 2. The molecule has 1 aromatic rings. The number of nitrogens with two attached hydrogens (primary N) is 1. The lowest BCUT2D eigenvalue weighted by Gasteiger charge is -2.20. The first kappa shape index (κ1) is 14.4. The summed E-state index contributed by atoms with van der Waals surface area (Å²) in [6, 6.07) is 8.44. The summed E-state index contributed by atoms with van der Waals surface area (Å²) in [4.78, 5) is 22.6. The quantitative estimate of drug-likeness (QED) is 0.613. The SMILES string of the molecule is CC(C)C(C=O)C(N)C(=O)OCc1ccccc1. The van der Waals surface area contributed by atoms with Crippen LogP contribution in [-0.4, -0.2) is 18.3 Å². The third kappa shape index (κ3) is 3.96. The largest absolute Gasteiger partial charge is 0.460 e. The van der Waals surface area contributed by atoms with Crippen LogP contribution in [0.2, 0.25) is 0 Å². The van der Waals surface area contributed by atoms with Crippen molar-refractivity contribution in [3.63, 3.8) is 0 Å². The van der Waals surface area contributed by atoms with Crippen LogP contribution >= 0.6 is 0 Å². The highest BCUT2D eigenvalue weighted by Gasteiger charge is 2.28. The van der Waals surface area contributed by atoms with E-state index < -0.39 is 17.9 Å². The van der Waals surface area contributed by atoms with Gasteiger partial charge in [0, 0.05) is 5.92 Å².